The van der Waals surface area contributed by atoms with Crippen molar-refractivity contribution in [3.8, 4) is 6.07 Å². The van der Waals surface area contributed by atoms with Gasteiger partial charge in [-0.15, -0.1) is 0 Å². The minimum Gasteiger partial charge on any atom is -0.384 e. The zero-order chi connectivity index (χ0) is 13.0. The molecule has 102 valence electrons. The van der Waals surface area contributed by atoms with Gasteiger partial charge in [0.1, 0.15) is 5.54 Å². The lowest BCUT2D eigenvalue weighted by Crippen LogP contribution is -2.44. The number of methoxy groups -OCH3 is 1. The number of ether oxygens (including phenoxy) is 1. The molecule has 0 bridgehead atoms. The van der Waals surface area contributed by atoms with Gasteiger partial charge in [0.05, 0.1) is 6.07 Å². The highest BCUT2D eigenvalue weighted by Gasteiger charge is 2.41. The minimum absolute atomic E-state index is 0.270. The molecule has 1 heterocycles. The van der Waals surface area contributed by atoms with Crippen LogP contribution in [0.25, 0.3) is 0 Å². The van der Waals surface area contributed by atoms with E-state index in [0.29, 0.717) is 6.04 Å². The summed E-state index contributed by atoms with van der Waals surface area (Å²) in [5, 5.41) is 12.5. The summed E-state index contributed by atoms with van der Waals surface area (Å²) in [7, 11) is 3.70. The summed E-state index contributed by atoms with van der Waals surface area (Å²) in [5.41, 5.74) is -0.270. The predicted molar refractivity (Wildman–Crippen MR) is 71.2 cm³/mol. The average Bonchev–Trinajstić information content (AvgIpc) is 2.85. The molecule has 2 unspecified atom stereocenters. The van der Waals surface area contributed by atoms with E-state index in [1.54, 1.807) is 7.11 Å². The Morgan fingerprint density at radius 2 is 2.11 bits per heavy atom. The van der Waals surface area contributed by atoms with Crippen LogP contribution in [0.2, 0.25) is 0 Å². The van der Waals surface area contributed by atoms with Crippen molar-refractivity contribution < 1.29 is 4.74 Å². The van der Waals surface area contributed by atoms with E-state index >= 15 is 0 Å². The number of hydrogen-bond acceptors (Lipinski definition) is 4. The second-order valence-corrected chi connectivity index (χ2v) is 5.78. The second-order valence-electron chi connectivity index (χ2n) is 5.78. The first-order valence-corrected chi connectivity index (χ1v) is 7.06. The maximum Gasteiger partial charge on any atom is 0.108 e. The van der Waals surface area contributed by atoms with Gasteiger partial charge in [0.15, 0.2) is 0 Å². The number of likely N-dealkylation sites (tertiary alicyclic amines) is 1. The maximum atomic E-state index is 9.30. The Morgan fingerprint density at radius 1 is 1.39 bits per heavy atom. The van der Waals surface area contributed by atoms with Gasteiger partial charge in [-0.2, -0.15) is 5.26 Å². The van der Waals surface area contributed by atoms with Crippen molar-refractivity contribution >= 4 is 0 Å². The van der Waals surface area contributed by atoms with Crippen LogP contribution >= 0.6 is 0 Å². The molecule has 0 amide bonds. The van der Waals surface area contributed by atoms with Gasteiger partial charge >= 0.3 is 0 Å². The summed E-state index contributed by atoms with van der Waals surface area (Å²) in [4.78, 5) is 2.59. The van der Waals surface area contributed by atoms with Crippen LogP contribution < -0.4 is 5.32 Å². The van der Waals surface area contributed by atoms with Gasteiger partial charge in [0, 0.05) is 19.8 Å². The van der Waals surface area contributed by atoms with Gasteiger partial charge < -0.3 is 15.0 Å². The Balaban J connectivity index is 1.83. The van der Waals surface area contributed by atoms with Crippen LogP contribution in [0.3, 0.4) is 0 Å². The molecule has 0 aromatic carbocycles. The lowest BCUT2D eigenvalue weighted by molar-refractivity contribution is 0.0796. The molecule has 18 heavy (non-hydrogen) atoms. The van der Waals surface area contributed by atoms with Crippen molar-refractivity contribution in [3.05, 3.63) is 0 Å². The Hall–Kier alpha value is -0.630. The topological polar surface area (TPSA) is 48.3 Å². The fraction of sp³-hybridized carbons (Fsp3) is 0.929. The molecule has 2 rings (SSSR count). The van der Waals surface area contributed by atoms with E-state index in [2.05, 4.69) is 16.3 Å². The molecule has 0 radical (unpaired) electrons. The first-order chi connectivity index (χ1) is 8.73. The third kappa shape index (κ3) is 2.85. The Kier molecular flexibility index (Phi) is 4.60. The number of rotatable bonds is 4. The van der Waals surface area contributed by atoms with Gasteiger partial charge in [-0.1, -0.05) is 0 Å². The van der Waals surface area contributed by atoms with E-state index in [0.717, 1.165) is 31.8 Å². The highest BCUT2D eigenvalue weighted by atomic mass is 16.5. The molecule has 1 aliphatic carbocycles. The van der Waals surface area contributed by atoms with Gasteiger partial charge in [-0.05, 0) is 58.2 Å². The Labute approximate surface area is 110 Å². The van der Waals surface area contributed by atoms with Crippen molar-refractivity contribution in [3.63, 3.8) is 0 Å². The van der Waals surface area contributed by atoms with Gasteiger partial charge in [0.2, 0.25) is 0 Å². The van der Waals surface area contributed by atoms with Crippen molar-refractivity contribution in [1.82, 2.24) is 10.2 Å². The van der Waals surface area contributed by atoms with Gasteiger partial charge in [0.25, 0.3) is 0 Å². The molecule has 1 saturated heterocycles. The second kappa shape index (κ2) is 6.01. The summed E-state index contributed by atoms with van der Waals surface area (Å²) in [5.74, 6) is 0.734. The number of nitrogens with one attached hydrogen (secondary N) is 1. The van der Waals surface area contributed by atoms with Crippen LogP contribution in [0.15, 0.2) is 0 Å². The van der Waals surface area contributed by atoms with Crippen molar-refractivity contribution in [2.75, 3.05) is 33.9 Å². The van der Waals surface area contributed by atoms with Gasteiger partial charge in [-0.25, -0.2) is 0 Å². The van der Waals surface area contributed by atoms with E-state index in [4.69, 9.17) is 4.74 Å². The van der Waals surface area contributed by atoms with Crippen molar-refractivity contribution in [2.24, 2.45) is 5.92 Å². The van der Waals surface area contributed by atoms with Crippen molar-refractivity contribution in [1.29, 1.82) is 5.26 Å². The monoisotopic (exact) mass is 251 g/mol. The average molecular weight is 251 g/mol. The molecule has 0 aromatic heterocycles. The molecule has 4 nitrogen and oxygen atoms in total. The van der Waals surface area contributed by atoms with E-state index in [1.165, 1.54) is 25.9 Å². The zero-order valence-corrected chi connectivity index (χ0v) is 11.6. The lowest BCUT2D eigenvalue weighted by Gasteiger charge is -2.36. The molecule has 1 N–H and O–H groups in total. The van der Waals surface area contributed by atoms with Crippen LogP contribution in [0.4, 0.5) is 0 Å². The number of nitriles is 1. The molecule has 2 fully saturated rings. The SMILES string of the molecule is CNC1(C#N)CCC(N2CCC(COC)CC2)C1. The Bertz CT molecular complexity index is 307. The van der Waals surface area contributed by atoms with Crippen LogP contribution in [0.5, 0.6) is 0 Å². The largest absolute Gasteiger partial charge is 0.384 e. The summed E-state index contributed by atoms with van der Waals surface area (Å²) < 4.78 is 5.24. The van der Waals surface area contributed by atoms with Crippen LogP contribution in [0, 0.1) is 17.2 Å². The first kappa shape index (κ1) is 13.8. The zero-order valence-electron chi connectivity index (χ0n) is 11.6. The van der Waals surface area contributed by atoms with E-state index in [1.807, 2.05) is 7.05 Å². The molecule has 0 aromatic rings. The highest BCUT2D eigenvalue weighted by Crippen LogP contribution is 2.34. The quantitative estimate of drug-likeness (QED) is 0.820. The molecule has 1 aliphatic heterocycles. The standard InChI is InChI=1S/C14H25N3O/c1-16-14(11-15)6-3-13(9-14)17-7-4-12(5-8-17)10-18-2/h12-13,16H,3-10H2,1-2H3. The highest BCUT2D eigenvalue weighted by molar-refractivity contribution is 5.13. The fourth-order valence-corrected chi connectivity index (χ4v) is 3.44. The molecular formula is C14H25N3O. The number of nitrogens with zero attached hydrogens (tertiary/aromatic N) is 2. The first-order valence-electron chi connectivity index (χ1n) is 7.06. The van der Waals surface area contributed by atoms with E-state index in [-0.39, 0.29) is 5.54 Å². The summed E-state index contributed by atoms with van der Waals surface area (Å²) >= 11 is 0. The van der Waals surface area contributed by atoms with Crippen LogP contribution in [0.1, 0.15) is 32.1 Å². The lowest BCUT2D eigenvalue weighted by atomic mass is 9.95. The summed E-state index contributed by atoms with van der Waals surface area (Å²) in [6, 6.07) is 3.07. The van der Waals surface area contributed by atoms with Crippen molar-refractivity contribution in [2.45, 2.75) is 43.7 Å². The summed E-state index contributed by atoms with van der Waals surface area (Å²) in [6.45, 7) is 3.24. The molecule has 4 heteroatoms. The minimum atomic E-state index is -0.270. The smallest absolute Gasteiger partial charge is 0.108 e. The van der Waals surface area contributed by atoms with Gasteiger partial charge in [-0.3, -0.25) is 0 Å². The molecular weight excluding hydrogens is 226 g/mol. The molecule has 1 saturated carbocycles. The predicted octanol–water partition coefficient (Wildman–Crippen LogP) is 1.38. The van der Waals surface area contributed by atoms with E-state index < -0.39 is 0 Å². The molecule has 2 aliphatic rings. The summed E-state index contributed by atoms with van der Waals surface area (Å²) in [6.07, 6.45) is 5.61. The number of piperidine rings is 1. The third-order valence-electron chi connectivity index (χ3n) is 4.75. The fourth-order valence-electron chi connectivity index (χ4n) is 3.44. The van der Waals surface area contributed by atoms with Crippen LogP contribution in [-0.2, 0) is 4.74 Å². The number of hydrogen-bond donors (Lipinski definition) is 1. The third-order valence-corrected chi connectivity index (χ3v) is 4.75. The Morgan fingerprint density at radius 3 is 2.61 bits per heavy atom. The van der Waals surface area contributed by atoms with Crippen LogP contribution in [-0.4, -0.2) is 50.3 Å². The maximum absolute atomic E-state index is 9.30. The molecule has 2 atom stereocenters. The van der Waals surface area contributed by atoms with E-state index in [9.17, 15) is 5.26 Å². The molecule has 0 spiro atoms. The normalized spacial score (nSPS) is 34.6.